The van der Waals surface area contributed by atoms with E-state index in [0.717, 1.165) is 75.3 Å². The summed E-state index contributed by atoms with van der Waals surface area (Å²) in [5, 5.41) is 30.6. The number of carbonyl (C=O) groups is 6. The largest absolute Gasteiger partial charge is 0.508 e. The van der Waals surface area contributed by atoms with Crippen molar-refractivity contribution in [3.8, 4) is 23.0 Å². The Kier molecular flexibility index (Phi) is 34.7. The minimum atomic E-state index is -0.937. The van der Waals surface area contributed by atoms with Gasteiger partial charge < -0.3 is 74.1 Å². The SMILES string of the molecule is CC.COC(=O)[C@@H]1C[C@@H](OCCCOCc2ccccc2)CN1C(=O)[C@@H](N)C1CCCCC1.COC(=O)[C@@H]1C[C@@H](OCCCOCc2ccccc2)CN1C(=O)[C@@H](NC(=O)Cc1cc(O)cc(OC)c1)C1CCCCC1.COc1cc(O)cc(CC(=O)O)c1.Cl. The quantitative estimate of drug-likeness (QED) is 0.0275. The van der Waals surface area contributed by atoms with Gasteiger partial charge in [-0.2, -0.15) is 0 Å². The molecule has 21 nitrogen and oxygen atoms in total. The first-order valence-electron chi connectivity index (χ1n) is 31.3. The lowest BCUT2D eigenvalue weighted by Gasteiger charge is -2.34. The lowest BCUT2D eigenvalue weighted by molar-refractivity contribution is -0.152. The molecule has 0 spiro atoms. The molecule has 4 aromatic carbocycles. The van der Waals surface area contributed by atoms with E-state index in [9.17, 15) is 33.9 Å². The average molecular weight is 1280 g/mol. The lowest BCUT2D eigenvalue weighted by atomic mass is 9.83. The van der Waals surface area contributed by atoms with Gasteiger partial charge in [0.1, 0.15) is 41.1 Å². The van der Waals surface area contributed by atoms with Crippen molar-refractivity contribution in [2.24, 2.45) is 17.6 Å². The summed E-state index contributed by atoms with van der Waals surface area (Å²) < 4.78 is 43.5. The second-order valence-electron chi connectivity index (χ2n) is 22.5. The summed E-state index contributed by atoms with van der Waals surface area (Å²) in [6.45, 7) is 7.81. The summed E-state index contributed by atoms with van der Waals surface area (Å²) in [5.41, 5.74) is 9.66. The Morgan fingerprint density at radius 3 is 1.40 bits per heavy atom. The molecule has 498 valence electrons. The number of nitrogens with zero attached hydrogens (tertiary/aromatic N) is 2. The van der Waals surface area contributed by atoms with Crippen molar-refractivity contribution in [2.75, 3.05) is 68.0 Å². The van der Waals surface area contributed by atoms with Crippen molar-refractivity contribution < 1.29 is 82.0 Å². The molecular formula is C68H97ClN4O17. The molecule has 2 heterocycles. The molecule has 2 saturated heterocycles. The van der Waals surface area contributed by atoms with Gasteiger partial charge in [0.25, 0.3) is 0 Å². The van der Waals surface area contributed by atoms with Crippen LogP contribution in [0.5, 0.6) is 23.0 Å². The van der Waals surface area contributed by atoms with Gasteiger partial charge in [0, 0.05) is 64.5 Å². The van der Waals surface area contributed by atoms with Gasteiger partial charge in [-0.1, -0.05) is 113 Å². The number of aliphatic carboxylic acids is 1. The second kappa shape index (κ2) is 41.4. The first-order valence-corrected chi connectivity index (χ1v) is 31.3. The van der Waals surface area contributed by atoms with Crippen molar-refractivity contribution in [3.63, 3.8) is 0 Å². The number of carbonyl (C=O) groups excluding carboxylic acids is 5. The molecule has 0 aromatic heterocycles. The van der Waals surface area contributed by atoms with Gasteiger partial charge >= 0.3 is 17.9 Å². The molecule has 4 aliphatic rings. The summed E-state index contributed by atoms with van der Waals surface area (Å²) in [5.74, 6) is -1.56. The van der Waals surface area contributed by atoms with Gasteiger partial charge in [-0.05, 0) is 96.9 Å². The van der Waals surface area contributed by atoms with Crippen molar-refractivity contribution in [2.45, 2.75) is 166 Å². The number of carboxylic acids is 1. The number of methoxy groups -OCH3 is 4. The Bertz CT molecular complexity index is 2770. The number of hydrogen-bond donors (Lipinski definition) is 5. The number of aromatic hydroxyl groups is 2. The zero-order chi connectivity index (χ0) is 64.5. The summed E-state index contributed by atoms with van der Waals surface area (Å²) in [4.78, 5) is 78.9. The number of nitrogens with two attached hydrogens (primary N) is 1. The van der Waals surface area contributed by atoms with E-state index in [1.165, 1.54) is 64.0 Å². The van der Waals surface area contributed by atoms with E-state index in [4.69, 9.17) is 53.8 Å². The van der Waals surface area contributed by atoms with E-state index in [2.05, 4.69) is 5.32 Å². The molecule has 3 amide bonds. The van der Waals surface area contributed by atoms with E-state index >= 15 is 0 Å². The van der Waals surface area contributed by atoms with Gasteiger partial charge in [0.2, 0.25) is 17.7 Å². The zero-order valence-corrected chi connectivity index (χ0v) is 54.1. The zero-order valence-electron chi connectivity index (χ0n) is 53.3. The van der Waals surface area contributed by atoms with Crippen LogP contribution in [0.25, 0.3) is 0 Å². The number of phenolic OH excluding ortho intramolecular Hbond substituents is 2. The number of amides is 3. The number of halogens is 1. The minimum absolute atomic E-state index is 0. The summed E-state index contributed by atoms with van der Waals surface area (Å²) in [6.07, 6.45) is 11.6. The molecular weight excluding hydrogens is 1180 g/mol. The molecule has 8 rings (SSSR count). The van der Waals surface area contributed by atoms with E-state index in [-0.39, 0.29) is 85.1 Å². The third-order valence-corrected chi connectivity index (χ3v) is 16.1. The monoisotopic (exact) mass is 1280 g/mol. The van der Waals surface area contributed by atoms with Crippen LogP contribution in [0, 0.1) is 11.8 Å². The lowest BCUT2D eigenvalue weighted by Crippen LogP contribution is -2.55. The predicted molar refractivity (Wildman–Crippen MR) is 341 cm³/mol. The maximum atomic E-state index is 14.1. The van der Waals surface area contributed by atoms with E-state index in [1.807, 2.05) is 74.5 Å². The average Bonchev–Trinajstić information content (AvgIpc) is 1.85. The maximum Gasteiger partial charge on any atom is 0.328 e. The fraction of sp³-hybridized carbons (Fsp3) is 0.559. The summed E-state index contributed by atoms with van der Waals surface area (Å²) in [6, 6.07) is 26.3. The molecule has 2 saturated carbocycles. The summed E-state index contributed by atoms with van der Waals surface area (Å²) >= 11 is 0. The number of esters is 2. The number of phenols is 2. The van der Waals surface area contributed by atoms with Crippen LogP contribution in [0.15, 0.2) is 97.1 Å². The number of nitrogens with one attached hydrogen (secondary N) is 1. The van der Waals surface area contributed by atoms with Crippen LogP contribution in [0.3, 0.4) is 0 Å². The molecule has 6 atom stereocenters. The highest BCUT2D eigenvalue weighted by Crippen LogP contribution is 2.32. The highest BCUT2D eigenvalue weighted by atomic mass is 35.5. The molecule has 90 heavy (non-hydrogen) atoms. The number of benzene rings is 4. The number of carboxylic acid groups (broad SMARTS) is 1. The third kappa shape index (κ3) is 25.3. The molecule has 0 radical (unpaired) electrons. The molecule has 2 aliphatic heterocycles. The number of hydrogen-bond acceptors (Lipinski definition) is 17. The number of rotatable bonds is 27. The molecule has 6 N–H and O–H groups in total. The topological polar surface area (TPSA) is 281 Å². The Morgan fingerprint density at radius 1 is 0.556 bits per heavy atom. The molecule has 0 bridgehead atoms. The van der Waals surface area contributed by atoms with Gasteiger partial charge in [-0.3, -0.25) is 19.2 Å². The van der Waals surface area contributed by atoms with Gasteiger partial charge in [-0.15, -0.1) is 12.4 Å². The fourth-order valence-electron chi connectivity index (χ4n) is 11.6. The predicted octanol–water partition coefficient (Wildman–Crippen LogP) is 8.91. The van der Waals surface area contributed by atoms with Crippen molar-refractivity contribution in [1.82, 2.24) is 15.1 Å². The third-order valence-electron chi connectivity index (χ3n) is 16.1. The molecule has 22 heteroatoms. The van der Waals surface area contributed by atoms with Crippen LogP contribution in [-0.4, -0.2) is 165 Å². The van der Waals surface area contributed by atoms with Crippen molar-refractivity contribution >= 4 is 48.0 Å². The molecule has 4 fully saturated rings. The Labute approximate surface area is 536 Å². The van der Waals surface area contributed by atoms with Gasteiger partial charge in [0.15, 0.2) is 0 Å². The van der Waals surface area contributed by atoms with Crippen LogP contribution in [0.1, 0.15) is 126 Å². The first kappa shape index (κ1) is 75.4. The smallest absolute Gasteiger partial charge is 0.328 e. The Balaban J connectivity index is 0.000000320. The standard InChI is InChI=1S/C33H44N2O8.C24H36N2O5.C9H10O4.C2H6.ClH/c1-40-27-17-24(16-26(36)19-27)18-30(37)34-31(25-12-7-4-8-13-25)32(38)35-21-28(20-29(35)33(39)41-2)43-15-9-14-42-22-23-10-5-3-6-11-23;1-29-24(28)21-15-20(31-14-8-13-30-17-18-9-4-2-5-10-18)16-26(21)23(27)22(25)19-11-6-3-7-12-19;1-13-8-3-6(4-9(11)12)2-7(10)5-8;1-2;/h3,5-6,10-11,16-17,19,25,28-29,31,36H,4,7-9,12-15,18,20-22H2,1-2H3,(H,34,37);2,4-5,9-10,19-22H,3,6-8,11-17,25H2,1H3;2-3,5,10H,4H2,1H3,(H,11,12);1-2H3;1H/t28-,29+,31+;20-,21+,22+;;;/m11.../s1. The van der Waals surface area contributed by atoms with Gasteiger partial charge in [0.05, 0.1) is 72.7 Å². The van der Waals surface area contributed by atoms with E-state index in [0.29, 0.717) is 88.1 Å². The highest BCUT2D eigenvalue weighted by molar-refractivity contribution is 5.92. The minimum Gasteiger partial charge on any atom is -0.508 e. The Morgan fingerprint density at radius 2 is 0.978 bits per heavy atom. The second-order valence-corrected chi connectivity index (χ2v) is 22.5. The summed E-state index contributed by atoms with van der Waals surface area (Å²) in [7, 11) is 5.61. The van der Waals surface area contributed by atoms with E-state index < -0.39 is 42.1 Å². The highest BCUT2D eigenvalue weighted by Gasteiger charge is 2.46. The molecule has 4 aromatic rings. The van der Waals surface area contributed by atoms with Crippen LogP contribution < -0.4 is 20.5 Å². The van der Waals surface area contributed by atoms with Crippen molar-refractivity contribution in [3.05, 3.63) is 119 Å². The number of ether oxygens (including phenoxy) is 8. The Hall–Kier alpha value is -7.01. The van der Waals surface area contributed by atoms with Crippen molar-refractivity contribution in [1.29, 1.82) is 0 Å². The van der Waals surface area contributed by atoms with Gasteiger partial charge in [-0.25, -0.2) is 9.59 Å². The molecule has 0 unspecified atom stereocenters. The first-order chi connectivity index (χ1) is 43.1. The maximum absolute atomic E-state index is 14.1. The van der Waals surface area contributed by atoms with Crippen LogP contribution in [0.4, 0.5) is 0 Å². The van der Waals surface area contributed by atoms with E-state index in [1.54, 1.807) is 17.0 Å². The fourth-order valence-corrected chi connectivity index (χ4v) is 11.6. The normalized spacial score (nSPS) is 18.7. The number of likely N-dealkylation sites (tertiary alicyclic amines) is 2. The van der Waals surface area contributed by atoms with Crippen LogP contribution >= 0.6 is 12.4 Å². The van der Waals surface area contributed by atoms with Crippen LogP contribution in [-0.2, 0) is 83.2 Å². The van der Waals surface area contributed by atoms with Crippen LogP contribution in [0.2, 0.25) is 0 Å². The molecule has 2 aliphatic carbocycles.